The minimum absolute atomic E-state index is 0.364. The molecule has 0 spiro atoms. The van der Waals surface area contributed by atoms with E-state index in [0.29, 0.717) is 12.1 Å². The molecule has 0 bridgehead atoms. The highest BCUT2D eigenvalue weighted by Crippen LogP contribution is 2.34. The number of anilines is 1. The third-order valence-electron chi connectivity index (χ3n) is 4.24. The maximum absolute atomic E-state index is 5.86. The summed E-state index contributed by atoms with van der Waals surface area (Å²) in [5.74, 6) is 0. The largest absolute Gasteiger partial charge is 0.399 e. The van der Waals surface area contributed by atoms with Gasteiger partial charge in [-0.1, -0.05) is 35.9 Å². The predicted molar refractivity (Wildman–Crippen MR) is 84.6 cm³/mol. The van der Waals surface area contributed by atoms with Gasteiger partial charge >= 0.3 is 0 Å². The predicted octanol–water partition coefficient (Wildman–Crippen LogP) is 3.92. The lowest BCUT2D eigenvalue weighted by atomic mass is 10.0. The topological polar surface area (TPSA) is 38.0 Å². The molecule has 1 aliphatic rings. The number of hydrogen-bond donors (Lipinski definition) is 2. The smallest absolute Gasteiger partial charge is 0.0331 e. The van der Waals surface area contributed by atoms with Crippen molar-refractivity contribution in [2.75, 3.05) is 5.73 Å². The first-order valence-corrected chi connectivity index (χ1v) is 7.34. The molecule has 1 aliphatic carbocycles. The normalized spacial score (nSPS) is 18.8. The van der Waals surface area contributed by atoms with Gasteiger partial charge in [-0.25, -0.2) is 0 Å². The number of fused-ring (bicyclic) bond motifs is 1. The van der Waals surface area contributed by atoms with Crippen LogP contribution in [0, 0.1) is 6.92 Å². The molecule has 0 heterocycles. The number of nitrogens with one attached hydrogen (secondary N) is 1. The van der Waals surface area contributed by atoms with Gasteiger partial charge in [-0.2, -0.15) is 0 Å². The standard InChI is InChI=1S/C18H22N2/c1-12-4-3-5-14(10-12)13(2)20-18-9-6-15-11-16(19)7-8-17(15)18/h3-5,7-8,10-11,13,18,20H,6,9,19H2,1-2H3/t13-,18?/m1/s1. The lowest BCUT2D eigenvalue weighted by Crippen LogP contribution is -2.23. The van der Waals surface area contributed by atoms with Crippen molar-refractivity contribution >= 4 is 5.69 Å². The van der Waals surface area contributed by atoms with Gasteiger partial charge in [-0.3, -0.25) is 0 Å². The SMILES string of the molecule is Cc1cccc([C@@H](C)NC2CCc3cc(N)ccc32)c1. The first kappa shape index (κ1) is 13.2. The van der Waals surface area contributed by atoms with Gasteiger partial charge in [0.1, 0.15) is 0 Å². The molecule has 20 heavy (non-hydrogen) atoms. The average molecular weight is 266 g/mol. The van der Waals surface area contributed by atoms with Gasteiger partial charge in [-0.15, -0.1) is 0 Å². The van der Waals surface area contributed by atoms with Crippen molar-refractivity contribution < 1.29 is 0 Å². The van der Waals surface area contributed by atoms with Crippen molar-refractivity contribution in [3.8, 4) is 0 Å². The maximum atomic E-state index is 5.86. The van der Waals surface area contributed by atoms with Crippen LogP contribution >= 0.6 is 0 Å². The van der Waals surface area contributed by atoms with Gasteiger partial charge < -0.3 is 11.1 Å². The fourth-order valence-corrected chi connectivity index (χ4v) is 3.15. The van der Waals surface area contributed by atoms with E-state index in [1.165, 1.54) is 22.3 Å². The van der Waals surface area contributed by atoms with E-state index in [-0.39, 0.29) is 0 Å². The van der Waals surface area contributed by atoms with Gasteiger partial charge in [0.25, 0.3) is 0 Å². The quantitative estimate of drug-likeness (QED) is 0.826. The minimum Gasteiger partial charge on any atom is -0.399 e. The van der Waals surface area contributed by atoms with E-state index >= 15 is 0 Å². The van der Waals surface area contributed by atoms with Crippen LogP contribution in [0.1, 0.15) is 47.7 Å². The Hall–Kier alpha value is -1.80. The summed E-state index contributed by atoms with van der Waals surface area (Å²) < 4.78 is 0. The summed E-state index contributed by atoms with van der Waals surface area (Å²) in [4.78, 5) is 0. The molecule has 1 unspecified atom stereocenters. The first-order chi connectivity index (χ1) is 9.63. The van der Waals surface area contributed by atoms with Crippen molar-refractivity contribution in [2.45, 2.75) is 38.8 Å². The summed E-state index contributed by atoms with van der Waals surface area (Å²) in [5, 5.41) is 3.76. The average Bonchev–Trinajstić information content (AvgIpc) is 2.81. The van der Waals surface area contributed by atoms with Crippen LogP contribution in [-0.2, 0) is 6.42 Å². The highest BCUT2D eigenvalue weighted by molar-refractivity contribution is 5.47. The van der Waals surface area contributed by atoms with Crippen molar-refractivity contribution in [3.63, 3.8) is 0 Å². The van der Waals surface area contributed by atoms with Crippen LogP contribution in [0.25, 0.3) is 0 Å². The summed E-state index contributed by atoms with van der Waals surface area (Å²) in [6, 6.07) is 15.9. The van der Waals surface area contributed by atoms with Gasteiger partial charge in [0.2, 0.25) is 0 Å². The maximum Gasteiger partial charge on any atom is 0.0331 e. The van der Waals surface area contributed by atoms with Crippen molar-refractivity contribution in [2.24, 2.45) is 0 Å². The Labute approximate surface area is 121 Å². The van der Waals surface area contributed by atoms with Gasteiger partial charge in [0.15, 0.2) is 0 Å². The molecule has 0 fully saturated rings. The summed E-state index contributed by atoms with van der Waals surface area (Å²) in [7, 11) is 0. The lowest BCUT2D eigenvalue weighted by molar-refractivity contribution is 0.465. The van der Waals surface area contributed by atoms with Crippen LogP contribution in [0.3, 0.4) is 0 Å². The second kappa shape index (κ2) is 5.29. The number of hydrogen-bond acceptors (Lipinski definition) is 2. The molecule has 2 atom stereocenters. The van der Waals surface area contributed by atoms with Gasteiger partial charge in [-0.05, 0) is 55.5 Å². The van der Waals surface area contributed by atoms with E-state index in [4.69, 9.17) is 5.73 Å². The molecule has 0 saturated carbocycles. The van der Waals surface area contributed by atoms with Crippen LogP contribution in [0.4, 0.5) is 5.69 Å². The Bertz CT molecular complexity index is 619. The summed E-state index contributed by atoms with van der Waals surface area (Å²) in [5.41, 5.74) is 12.2. The molecule has 0 saturated heterocycles. The second-order valence-corrected chi connectivity index (χ2v) is 5.85. The fourth-order valence-electron chi connectivity index (χ4n) is 3.15. The molecular weight excluding hydrogens is 244 g/mol. The third kappa shape index (κ3) is 2.56. The van der Waals surface area contributed by atoms with E-state index in [9.17, 15) is 0 Å². The van der Waals surface area contributed by atoms with Crippen molar-refractivity contribution in [3.05, 3.63) is 64.7 Å². The number of nitrogen functional groups attached to an aromatic ring is 1. The lowest BCUT2D eigenvalue weighted by Gasteiger charge is -2.21. The molecule has 0 aromatic heterocycles. The molecular formula is C18H22N2. The fraction of sp³-hybridized carbons (Fsp3) is 0.333. The van der Waals surface area contributed by atoms with Crippen molar-refractivity contribution in [1.82, 2.24) is 5.32 Å². The van der Waals surface area contributed by atoms with Gasteiger partial charge in [0, 0.05) is 17.8 Å². The number of aryl methyl sites for hydroxylation is 2. The summed E-state index contributed by atoms with van der Waals surface area (Å²) >= 11 is 0. The minimum atomic E-state index is 0.364. The summed E-state index contributed by atoms with van der Waals surface area (Å²) in [6.07, 6.45) is 2.29. The van der Waals surface area contributed by atoms with E-state index in [0.717, 1.165) is 18.5 Å². The Kier molecular flexibility index (Phi) is 3.49. The molecule has 2 aromatic carbocycles. The number of rotatable bonds is 3. The Morgan fingerprint density at radius 3 is 2.85 bits per heavy atom. The number of nitrogens with two attached hydrogens (primary N) is 1. The van der Waals surface area contributed by atoms with Gasteiger partial charge in [0.05, 0.1) is 0 Å². The summed E-state index contributed by atoms with van der Waals surface area (Å²) in [6.45, 7) is 4.38. The molecule has 3 N–H and O–H groups in total. The highest BCUT2D eigenvalue weighted by Gasteiger charge is 2.23. The third-order valence-corrected chi connectivity index (χ3v) is 4.24. The van der Waals surface area contributed by atoms with Crippen LogP contribution < -0.4 is 11.1 Å². The molecule has 2 heteroatoms. The number of benzene rings is 2. The molecule has 3 rings (SSSR count). The molecule has 2 nitrogen and oxygen atoms in total. The van der Waals surface area contributed by atoms with E-state index in [1.54, 1.807) is 0 Å². The molecule has 0 amide bonds. The Balaban J connectivity index is 1.77. The molecule has 104 valence electrons. The van der Waals surface area contributed by atoms with E-state index in [1.807, 2.05) is 6.07 Å². The zero-order valence-corrected chi connectivity index (χ0v) is 12.2. The molecule has 0 aliphatic heterocycles. The van der Waals surface area contributed by atoms with E-state index in [2.05, 4.69) is 55.6 Å². The van der Waals surface area contributed by atoms with Crippen LogP contribution in [0.5, 0.6) is 0 Å². The van der Waals surface area contributed by atoms with Crippen LogP contribution in [0.2, 0.25) is 0 Å². The highest BCUT2D eigenvalue weighted by atomic mass is 14.9. The Morgan fingerprint density at radius 2 is 2.05 bits per heavy atom. The molecule has 2 aromatic rings. The second-order valence-electron chi connectivity index (χ2n) is 5.85. The first-order valence-electron chi connectivity index (χ1n) is 7.34. The zero-order valence-electron chi connectivity index (χ0n) is 12.2. The van der Waals surface area contributed by atoms with E-state index < -0.39 is 0 Å². The monoisotopic (exact) mass is 266 g/mol. The van der Waals surface area contributed by atoms with Crippen LogP contribution in [0.15, 0.2) is 42.5 Å². The van der Waals surface area contributed by atoms with Crippen LogP contribution in [-0.4, -0.2) is 0 Å². The molecule has 0 radical (unpaired) electrons. The zero-order chi connectivity index (χ0) is 14.1. The Morgan fingerprint density at radius 1 is 1.20 bits per heavy atom. The van der Waals surface area contributed by atoms with Crippen molar-refractivity contribution in [1.29, 1.82) is 0 Å².